The van der Waals surface area contributed by atoms with E-state index in [-0.39, 0.29) is 10.8 Å². The fourth-order valence-corrected chi connectivity index (χ4v) is 5.26. The Morgan fingerprint density at radius 2 is 1.97 bits per heavy atom. The molecule has 1 unspecified atom stereocenters. The van der Waals surface area contributed by atoms with Crippen LogP contribution in [0.3, 0.4) is 0 Å². The zero-order valence-electron chi connectivity index (χ0n) is 16.2. The highest BCUT2D eigenvalue weighted by Crippen LogP contribution is 2.27. The average molecular weight is 413 g/mol. The Bertz CT molecular complexity index is 1190. The summed E-state index contributed by atoms with van der Waals surface area (Å²) in [5.74, 6) is 0.972. The third-order valence-corrected chi connectivity index (χ3v) is 7.14. The predicted octanol–water partition coefficient (Wildman–Crippen LogP) is 3.58. The molecule has 29 heavy (non-hydrogen) atoms. The zero-order chi connectivity index (χ0) is 20.4. The number of para-hydroxylation sites is 1. The molecule has 0 N–H and O–H groups in total. The summed E-state index contributed by atoms with van der Waals surface area (Å²) >= 11 is 0. The van der Waals surface area contributed by atoms with Gasteiger partial charge in [0.15, 0.2) is 0 Å². The lowest BCUT2D eigenvalue weighted by Gasteiger charge is -2.32. The molecule has 4 rings (SSSR count). The molecule has 1 aliphatic heterocycles. The van der Waals surface area contributed by atoms with Crippen LogP contribution in [-0.2, 0) is 10.0 Å². The first-order valence-corrected chi connectivity index (χ1v) is 11.1. The third kappa shape index (κ3) is 4.21. The number of hydrogen-bond donors (Lipinski definition) is 0. The zero-order valence-corrected chi connectivity index (χ0v) is 17.0. The molecule has 6 nitrogen and oxygen atoms in total. The molecular weight excluding hydrogens is 390 g/mol. The molecule has 1 aromatic heterocycles. The number of hydrogen-bond acceptors (Lipinski definition) is 5. The van der Waals surface area contributed by atoms with Gasteiger partial charge in [-0.15, -0.1) is 0 Å². The molecule has 152 valence electrons. The maximum atomic E-state index is 13.2. The minimum absolute atomic E-state index is 0.136. The first-order chi connectivity index (χ1) is 13.9. The normalized spacial score (nSPS) is 18.0. The summed E-state index contributed by atoms with van der Waals surface area (Å²) in [6.07, 6.45) is 1.73. The largest absolute Gasteiger partial charge is 0.493 e. The van der Waals surface area contributed by atoms with Gasteiger partial charge in [0, 0.05) is 30.5 Å². The molecule has 0 spiro atoms. The molecule has 0 aliphatic carbocycles. The van der Waals surface area contributed by atoms with E-state index in [2.05, 4.69) is 0 Å². The second-order valence-corrected chi connectivity index (χ2v) is 9.34. The number of sulfonamides is 1. The van der Waals surface area contributed by atoms with Crippen molar-refractivity contribution in [1.29, 1.82) is 0 Å². The molecule has 0 amide bonds. The highest BCUT2D eigenvalue weighted by Gasteiger charge is 2.30. The fourth-order valence-electron chi connectivity index (χ4n) is 3.67. The van der Waals surface area contributed by atoms with Crippen LogP contribution in [0.25, 0.3) is 11.0 Å². The van der Waals surface area contributed by atoms with Crippen molar-refractivity contribution in [1.82, 2.24) is 4.31 Å². The van der Waals surface area contributed by atoms with Gasteiger partial charge in [0.25, 0.3) is 0 Å². The number of benzene rings is 2. The van der Waals surface area contributed by atoms with Crippen LogP contribution in [0.2, 0.25) is 0 Å². The van der Waals surface area contributed by atoms with E-state index in [1.54, 1.807) is 12.1 Å². The second kappa shape index (κ2) is 8.00. The topological polar surface area (TPSA) is 76.8 Å². The Balaban J connectivity index is 1.50. The molecular formula is C22H23NO5S. The summed E-state index contributed by atoms with van der Waals surface area (Å²) in [4.78, 5) is 11.5. The van der Waals surface area contributed by atoms with Crippen LogP contribution in [0.4, 0.5) is 0 Å². The average Bonchev–Trinajstić information content (AvgIpc) is 2.73. The monoisotopic (exact) mass is 413 g/mol. The van der Waals surface area contributed by atoms with Crippen LogP contribution in [0.1, 0.15) is 18.4 Å². The molecule has 0 saturated carbocycles. The van der Waals surface area contributed by atoms with Crippen LogP contribution < -0.4 is 10.4 Å². The summed E-state index contributed by atoms with van der Waals surface area (Å²) in [7, 11) is -3.63. The maximum Gasteiger partial charge on any atom is 0.336 e. The summed E-state index contributed by atoms with van der Waals surface area (Å²) < 4.78 is 38.9. The van der Waals surface area contributed by atoms with E-state index in [9.17, 15) is 13.2 Å². The Morgan fingerprint density at radius 1 is 1.14 bits per heavy atom. The summed E-state index contributed by atoms with van der Waals surface area (Å²) in [5.41, 5.74) is 0.982. The first kappa shape index (κ1) is 19.7. The predicted molar refractivity (Wildman–Crippen MR) is 111 cm³/mol. The van der Waals surface area contributed by atoms with Crippen molar-refractivity contribution in [3.63, 3.8) is 0 Å². The van der Waals surface area contributed by atoms with E-state index in [1.165, 1.54) is 22.5 Å². The van der Waals surface area contributed by atoms with Gasteiger partial charge in [-0.1, -0.05) is 18.2 Å². The van der Waals surface area contributed by atoms with E-state index in [0.717, 1.165) is 24.2 Å². The minimum atomic E-state index is -3.63. The van der Waals surface area contributed by atoms with Crippen molar-refractivity contribution in [3.05, 3.63) is 70.6 Å². The van der Waals surface area contributed by atoms with Crippen LogP contribution >= 0.6 is 0 Å². The van der Waals surface area contributed by atoms with Gasteiger partial charge in [-0.3, -0.25) is 0 Å². The number of aryl methyl sites for hydroxylation is 1. The number of rotatable bonds is 5. The Labute approximate surface area is 169 Å². The van der Waals surface area contributed by atoms with Gasteiger partial charge >= 0.3 is 5.63 Å². The molecule has 1 aliphatic rings. The van der Waals surface area contributed by atoms with E-state index < -0.39 is 15.6 Å². The molecule has 2 aromatic carbocycles. The fraction of sp³-hybridized carbons (Fsp3) is 0.318. The van der Waals surface area contributed by atoms with Gasteiger partial charge in [0.1, 0.15) is 11.3 Å². The second-order valence-electron chi connectivity index (χ2n) is 7.40. The SMILES string of the molecule is Cc1ccccc1OCC1CCCN(S(=O)(=O)c2ccc3oc(=O)ccc3c2)C1. The van der Waals surface area contributed by atoms with E-state index in [1.807, 2.05) is 31.2 Å². The quantitative estimate of drug-likeness (QED) is 0.598. The Morgan fingerprint density at radius 3 is 2.79 bits per heavy atom. The Kier molecular flexibility index (Phi) is 5.43. The number of ether oxygens (including phenoxy) is 1. The highest BCUT2D eigenvalue weighted by molar-refractivity contribution is 7.89. The first-order valence-electron chi connectivity index (χ1n) is 9.66. The highest BCUT2D eigenvalue weighted by atomic mass is 32.2. The van der Waals surface area contributed by atoms with Crippen molar-refractivity contribution in [2.24, 2.45) is 5.92 Å². The van der Waals surface area contributed by atoms with Gasteiger partial charge in [0.05, 0.1) is 11.5 Å². The molecule has 1 fully saturated rings. The van der Waals surface area contributed by atoms with Gasteiger partial charge < -0.3 is 9.15 Å². The lowest BCUT2D eigenvalue weighted by atomic mass is 10.0. The van der Waals surface area contributed by atoms with Gasteiger partial charge in [-0.2, -0.15) is 4.31 Å². The molecule has 0 radical (unpaired) electrons. The van der Waals surface area contributed by atoms with Crippen molar-refractivity contribution in [2.75, 3.05) is 19.7 Å². The van der Waals surface area contributed by atoms with Crippen LogP contribution in [0.5, 0.6) is 5.75 Å². The molecule has 0 bridgehead atoms. The standard InChI is InChI=1S/C22H23NO5S/c1-16-5-2-3-7-20(16)27-15-17-6-4-12-23(14-17)29(25,26)19-9-10-21-18(13-19)8-11-22(24)28-21/h2-3,5,7-11,13,17H,4,6,12,14-15H2,1H3. The van der Waals surface area contributed by atoms with Crippen molar-refractivity contribution in [2.45, 2.75) is 24.7 Å². The van der Waals surface area contributed by atoms with E-state index in [0.29, 0.717) is 30.7 Å². The lowest BCUT2D eigenvalue weighted by molar-refractivity contribution is 0.179. The Hall–Kier alpha value is -2.64. The van der Waals surface area contributed by atoms with Crippen molar-refractivity contribution >= 4 is 21.0 Å². The third-order valence-electron chi connectivity index (χ3n) is 5.28. The molecule has 3 aromatic rings. The lowest BCUT2D eigenvalue weighted by Crippen LogP contribution is -2.41. The molecule has 1 atom stereocenters. The van der Waals surface area contributed by atoms with Gasteiger partial charge in [-0.05, 0) is 55.7 Å². The molecule has 1 saturated heterocycles. The van der Waals surface area contributed by atoms with Crippen LogP contribution in [-0.4, -0.2) is 32.4 Å². The minimum Gasteiger partial charge on any atom is -0.493 e. The van der Waals surface area contributed by atoms with Gasteiger partial charge in [-0.25, -0.2) is 13.2 Å². The van der Waals surface area contributed by atoms with Crippen LogP contribution in [0, 0.1) is 12.8 Å². The smallest absolute Gasteiger partial charge is 0.336 e. The van der Waals surface area contributed by atoms with Crippen molar-refractivity contribution < 1.29 is 17.6 Å². The van der Waals surface area contributed by atoms with Crippen molar-refractivity contribution in [3.8, 4) is 5.75 Å². The number of fused-ring (bicyclic) bond motifs is 1. The van der Waals surface area contributed by atoms with E-state index in [4.69, 9.17) is 9.15 Å². The number of piperidine rings is 1. The van der Waals surface area contributed by atoms with Gasteiger partial charge in [0.2, 0.25) is 10.0 Å². The summed E-state index contributed by atoms with van der Waals surface area (Å²) in [6, 6.07) is 15.3. The molecule has 7 heteroatoms. The summed E-state index contributed by atoms with van der Waals surface area (Å²) in [5, 5.41) is 0.585. The van der Waals surface area contributed by atoms with Crippen LogP contribution in [0.15, 0.2) is 68.7 Å². The number of nitrogens with zero attached hydrogens (tertiary/aromatic N) is 1. The molecule has 2 heterocycles. The summed E-state index contributed by atoms with van der Waals surface area (Å²) in [6.45, 7) is 3.40. The maximum absolute atomic E-state index is 13.2. The van der Waals surface area contributed by atoms with E-state index >= 15 is 0 Å².